The first-order valence-electron chi connectivity index (χ1n) is 6.46. The Hall–Kier alpha value is -2.69. The van der Waals surface area contributed by atoms with Gasteiger partial charge in [0.2, 0.25) is 0 Å². The maximum absolute atomic E-state index is 13.3. The minimum atomic E-state index is -0.500. The number of aldehydes is 1. The lowest BCUT2D eigenvalue weighted by Gasteiger charge is -2.05. The van der Waals surface area contributed by atoms with E-state index in [9.17, 15) is 9.18 Å². The van der Waals surface area contributed by atoms with Crippen molar-refractivity contribution in [2.24, 2.45) is 7.05 Å². The molecule has 0 spiro atoms. The van der Waals surface area contributed by atoms with Crippen molar-refractivity contribution in [3.63, 3.8) is 0 Å². The molecule has 4 nitrogen and oxygen atoms in total. The lowest BCUT2D eigenvalue weighted by atomic mass is 10.2. The summed E-state index contributed by atoms with van der Waals surface area (Å²) in [6, 6.07) is 11.7. The zero-order valence-electron chi connectivity index (χ0n) is 11.4. The average Bonchev–Trinajstić information content (AvgIpc) is 2.82. The van der Waals surface area contributed by atoms with Crippen molar-refractivity contribution in [2.75, 3.05) is 0 Å². The second-order valence-electron chi connectivity index (χ2n) is 4.71. The normalized spacial score (nSPS) is 10.8. The molecule has 0 bridgehead atoms. The van der Waals surface area contributed by atoms with Crippen LogP contribution in [-0.2, 0) is 13.7 Å². The van der Waals surface area contributed by atoms with Crippen LogP contribution in [0, 0.1) is 5.82 Å². The van der Waals surface area contributed by atoms with E-state index in [1.807, 2.05) is 31.3 Å². The summed E-state index contributed by atoms with van der Waals surface area (Å²) >= 11 is 0. The summed E-state index contributed by atoms with van der Waals surface area (Å²) in [7, 11) is 1.86. The van der Waals surface area contributed by atoms with Gasteiger partial charge in [0.15, 0.2) is 0 Å². The molecule has 5 heteroatoms. The number of aryl methyl sites for hydroxylation is 1. The fourth-order valence-electron chi connectivity index (χ4n) is 2.28. The lowest BCUT2D eigenvalue weighted by Crippen LogP contribution is -1.99. The number of halogens is 1. The van der Waals surface area contributed by atoms with Gasteiger partial charge in [-0.1, -0.05) is 18.2 Å². The van der Waals surface area contributed by atoms with Crippen LogP contribution in [-0.4, -0.2) is 16.1 Å². The maximum Gasteiger partial charge on any atom is 0.150 e. The minimum absolute atomic E-state index is 0.211. The molecule has 0 atom stereocenters. The highest BCUT2D eigenvalue weighted by Gasteiger charge is 2.09. The molecule has 0 saturated heterocycles. The zero-order chi connectivity index (χ0) is 14.8. The molecule has 0 saturated carbocycles. The number of nitrogens with zero attached hydrogens (tertiary/aromatic N) is 2. The van der Waals surface area contributed by atoms with E-state index >= 15 is 0 Å². The molecule has 2 aromatic carbocycles. The van der Waals surface area contributed by atoms with E-state index in [-0.39, 0.29) is 12.2 Å². The molecule has 0 radical (unpaired) electrons. The Labute approximate surface area is 120 Å². The van der Waals surface area contributed by atoms with Crippen molar-refractivity contribution in [3.05, 3.63) is 59.5 Å². The van der Waals surface area contributed by atoms with E-state index in [0.717, 1.165) is 22.7 Å². The molecule has 0 amide bonds. The molecule has 1 heterocycles. The Morgan fingerprint density at radius 3 is 2.90 bits per heavy atom. The van der Waals surface area contributed by atoms with Crippen LogP contribution in [0.5, 0.6) is 5.75 Å². The molecule has 0 aliphatic rings. The first-order chi connectivity index (χ1) is 10.2. The summed E-state index contributed by atoms with van der Waals surface area (Å²) in [6.45, 7) is 0.211. The highest BCUT2D eigenvalue weighted by molar-refractivity contribution is 5.81. The number of carbonyl (C=O) groups is 1. The van der Waals surface area contributed by atoms with Crippen molar-refractivity contribution in [1.29, 1.82) is 0 Å². The van der Waals surface area contributed by atoms with Crippen molar-refractivity contribution < 1.29 is 13.9 Å². The van der Waals surface area contributed by atoms with Crippen LogP contribution < -0.4 is 4.74 Å². The SMILES string of the molecule is Cn1nc(COc2cc(F)cc(C=O)c2)c2ccccc21. The minimum Gasteiger partial charge on any atom is -0.487 e. The Kier molecular flexibility index (Phi) is 3.39. The van der Waals surface area contributed by atoms with E-state index in [2.05, 4.69) is 5.10 Å². The van der Waals surface area contributed by atoms with Crippen LogP contribution in [0.1, 0.15) is 16.1 Å². The van der Waals surface area contributed by atoms with Gasteiger partial charge < -0.3 is 4.74 Å². The molecule has 0 aliphatic heterocycles. The van der Waals surface area contributed by atoms with Gasteiger partial charge in [0.1, 0.15) is 30.2 Å². The van der Waals surface area contributed by atoms with Gasteiger partial charge in [0, 0.05) is 24.1 Å². The second-order valence-corrected chi connectivity index (χ2v) is 4.71. The molecular formula is C16H13FN2O2. The Balaban J connectivity index is 1.87. The number of rotatable bonds is 4. The summed E-state index contributed by atoms with van der Waals surface area (Å²) < 4.78 is 20.7. The van der Waals surface area contributed by atoms with Crippen molar-refractivity contribution >= 4 is 17.2 Å². The molecule has 0 aliphatic carbocycles. The predicted octanol–water partition coefficient (Wildman–Crippen LogP) is 3.10. The molecule has 0 unspecified atom stereocenters. The summed E-state index contributed by atoms with van der Waals surface area (Å²) in [5.74, 6) is -0.188. The molecule has 21 heavy (non-hydrogen) atoms. The third-order valence-corrected chi connectivity index (χ3v) is 3.24. The molecule has 0 fully saturated rings. The van der Waals surface area contributed by atoms with Crippen LogP contribution in [0.25, 0.3) is 10.9 Å². The van der Waals surface area contributed by atoms with Crippen molar-refractivity contribution in [3.8, 4) is 5.75 Å². The Morgan fingerprint density at radius 2 is 2.10 bits per heavy atom. The highest BCUT2D eigenvalue weighted by atomic mass is 19.1. The van der Waals surface area contributed by atoms with E-state index in [0.29, 0.717) is 12.0 Å². The number of para-hydroxylation sites is 1. The number of aromatic nitrogens is 2. The Morgan fingerprint density at radius 1 is 1.29 bits per heavy atom. The average molecular weight is 284 g/mol. The van der Waals surface area contributed by atoms with E-state index in [4.69, 9.17) is 4.74 Å². The quantitative estimate of drug-likeness (QED) is 0.691. The number of hydrogen-bond acceptors (Lipinski definition) is 3. The van der Waals surface area contributed by atoms with Gasteiger partial charge in [0.25, 0.3) is 0 Å². The van der Waals surface area contributed by atoms with Gasteiger partial charge in [-0.3, -0.25) is 9.48 Å². The smallest absolute Gasteiger partial charge is 0.150 e. The standard InChI is InChI=1S/C16H13FN2O2/c1-19-16-5-3-2-4-14(16)15(18-19)10-21-13-7-11(9-20)6-12(17)8-13/h2-9H,10H2,1H3. The summed E-state index contributed by atoms with van der Waals surface area (Å²) in [6.07, 6.45) is 0.589. The number of benzene rings is 2. The maximum atomic E-state index is 13.3. The van der Waals surface area contributed by atoms with Crippen molar-refractivity contribution in [2.45, 2.75) is 6.61 Å². The molecule has 106 valence electrons. The van der Waals surface area contributed by atoms with Crippen LogP contribution in [0.2, 0.25) is 0 Å². The zero-order valence-corrected chi connectivity index (χ0v) is 11.4. The predicted molar refractivity (Wildman–Crippen MR) is 76.8 cm³/mol. The van der Waals surface area contributed by atoms with E-state index in [1.54, 1.807) is 4.68 Å². The molecule has 3 rings (SSSR count). The number of fused-ring (bicyclic) bond motifs is 1. The molecule has 0 N–H and O–H groups in total. The van der Waals surface area contributed by atoms with Gasteiger partial charge in [-0.25, -0.2) is 4.39 Å². The van der Waals surface area contributed by atoms with Gasteiger partial charge in [-0.15, -0.1) is 0 Å². The van der Waals surface area contributed by atoms with Crippen molar-refractivity contribution in [1.82, 2.24) is 9.78 Å². The van der Waals surface area contributed by atoms with Gasteiger partial charge in [0.05, 0.1) is 5.52 Å². The summed E-state index contributed by atoms with van der Waals surface area (Å²) in [5, 5.41) is 5.39. The summed E-state index contributed by atoms with van der Waals surface area (Å²) in [4.78, 5) is 10.7. The van der Waals surface area contributed by atoms with Crippen LogP contribution in [0.3, 0.4) is 0 Å². The van der Waals surface area contributed by atoms with E-state index < -0.39 is 5.82 Å². The topological polar surface area (TPSA) is 44.1 Å². The van der Waals surface area contributed by atoms with Gasteiger partial charge in [-0.05, 0) is 18.2 Å². The molecular weight excluding hydrogens is 271 g/mol. The molecule has 1 aromatic heterocycles. The largest absolute Gasteiger partial charge is 0.487 e. The Bertz CT molecular complexity index is 811. The van der Waals surface area contributed by atoms with Gasteiger partial charge >= 0.3 is 0 Å². The van der Waals surface area contributed by atoms with Crippen LogP contribution >= 0.6 is 0 Å². The second kappa shape index (κ2) is 5.36. The van der Waals surface area contributed by atoms with Crippen LogP contribution in [0.4, 0.5) is 4.39 Å². The lowest BCUT2D eigenvalue weighted by molar-refractivity contribution is 0.112. The van der Waals surface area contributed by atoms with Crippen LogP contribution in [0.15, 0.2) is 42.5 Å². The third kappa shape index (κ3) is 2.63. The highest BCUT2D eigenvalue weighted by Crippen LogP contribution is 2.21. The fourth-order valence-corrected chi connectivity index (χ4v) is 2.28. The third-order valence-electron chi connectivity index (χ3n) is 3.24. The van der Waals surface area contributed by atoms with Gasteiger partial charge in [-0.2, -0.15) is 5.10 Å². The monoisotopic (exact) mass is 284 g/mol. The van der Waals surface area contributed by atoms with E-state index in [1.165, 1.54) is 12.1 Å². The number of carbonyl (C=O) groups excluding carboxylic acids is 1. The number of hydrogen-bond donors (Lipinski definition) is 0. The fraction of sp³-hybridized carbons (Fsp3) is 0.125. The first-order valence-corrected chi connectivity index (χ1v) is 6.46. The summed E-state index contributed by atoms with van der Waals surface area (Å²) in [5.41, 5.74) is 2.02. The molecule has 3 aromatic rings. The number of ether oxygens (including phenoxy) is 1. The first kappa shape index (κ1) is 13.3.